The molecule has 3 unspecified atom stereocenters. The van der Waals surface area contributed by atoms with Gasteiger partial charge in [-0.05, 0) is 19.3 Å². The standard InChI is InChI=1S/C13H20N2O3/c16-12-10-4-2-1-3-5-11(10)14-13(17)15(12)9-6-7-18-8-9/h9-11H,1-8H2,(H,14,17). The third-order valence-corrected chi connectivity index (χ3v) is 4.37. The van der Waals surface area contributed by atoms with Gasteiger partial charge < -0.3 is 10.1 Å². The number of rotatable bonds is 1. The normalized spacial score (nSPS) is 37.1. The molecule has 0 bridgehead atoms. The summed E-state index contributed by atoms with van der Waals surface area (Å²) in [5.41, 5.74) is 0. The van der Waals surface area contributed by atoms with E-state index in [1.807, 2.05) is 0 Å². The second-order valence-electron chi connectivity index (χ2n) is 5.53. The van der Waals surface area contributed by atoms with Crippen LogP contribution in [0.15, 0.2) is 0 Å². The molecule has 0 aromatic rings. The summed E-state index contributed by atoms with van der Waals surface area (Å²) in [5, 5.41) is 3.03. The molecule has 3 aliphatic rings. The Morgan fingerprint density at radius 3 is 2.72 bits per heavy atom. The largest absolute Gasteiger partial charge is 0.379 e. The quantitative estimate of drug-likeness (QED) is 0.764. The van der Waals surface area contributed by atoms with Crippen LogP contribution < -0.4 is 5.32 Å². The molecule has 2 saturated heterocycles. The Morgan fingerprint density at radius 2 is 1.94 bits per heavy atom. The van der Waals surface area contributed by atoms with E-state index in [0.717, 1.165) is 32.1 Å². The summed E-state index contributed by atoms with van der Waals surface area (Å²) in [4.78, 5) is 26.0. The molecule has 1 saturated carbocycles. The topological polar surface area (TPSA) is 58.6 Å². The van der Waals surface area contributed by atoms with Gasteiger partial charge in [0, 0.05) is 12.6 Å². The van der Waals surface area contributed by atoms with E-state index in [9.17, 15) is 9.59 Å². The van der Waals surface area contributed by atoms with Crippen LogP contribution in [-0.4, -0.2) is 42.1 Å². The van der Waals surface area contributed by atoms with Gasteiger partial charge in [-0.25, -0.2) is 4.79 Å². The maximum Gasteiger partial charge on any atom is 0.324 e. The minimum absolute atomic E-state index is 0.00852. The Balaban J connectivity index is 1.79. The Morgan fingerprint density at radius 1 is 1.11 bits per heavy atom. The highest BCUT2D eigenvalue weighted by atomic mass is 16.5. The molecule has 3 amide bonds. The summed E-state index contributed by atoms with van der Waals surface area (Å²) < 4.78 is 5.29. The van der Waals surface area contributed by atoms with Crippen LogP contribution in [0.3, 0.4) is 0 Å². The van der Waals surface area contributed by atoms with Crippen LogP contribution in [0.25, 0.3) is 0 Å². The Labute approximate surface area is 107 Å². The van der Waals surface area contributed by atoms with E-state index in [2.05, 4.69) is 5.32 Å². The van der Waals surface area contributed by atoms with Crippen LogP contribution in [0.4, 0.5) is 4.79 Å². The molecule has 3 rings (SSSR count). The molecular weight excluding hydrogens is 232 g/mol. The zero-order chi connectivity index (χ0) is 12.5. The second kappa shape index (κ2) is 4.88. The first kappa shape index (κ1) is 12.0. The first-order valence-electron chi connectivity index (χ1n) is 6.98. The van der Waals surface area contributed by atoms with E-state index in [-0.39, 0.29) is 29.9 Å². The van der Waals surface area contributed by atoms with E-state index < -0.39 is 0 Å². The molecular formula is C13H20N2O3. The molecule has 0 aromatic carbocycles. The van der Waals surface area contributed by atoms with Crippen molar-refractivity contribution in [3.05, 3.63) is 0 Å². The van der Waals surface area contributed by atoms with Crippen LogP contribution in [0, 0.1) is 5.92 Å². The highest BCUT2D eigenvalue weighted by Gasteiger charge is 2.44. The van der Waals surface area contributed by atoms with Crippen LogP contribution >= 0.6 is 0 Å². The van der Waals surface area contributed by atoms with Crippen molar-refractivity contribution in [2.75, 3.05) is 13.2 Å². The maximum atomic E-state index is 12.5. The van der Waals surface area contributed by atoms with E-state index in [0.29, 0.717) is 13.2 Å². The average molecular weight is 252 g/mol. The fourth-order valence-corrected chi connectivity index (χ4v) is 3.35. The first-order valence-corrected chi connectivity index (χ1v) is 6.98. The molecule has 18 heavy (non-hydrogen) atoms. The summed E-state index contributed by atoms with van der Waals surface area (Å²) in [6.07, 6.45) is 6.00. The zero-order valence-electron chi connectivity index (χ0n) is 10.6. The van der Waals surface area contributed by atoms with Gasteiger partial charge in [0.05, 0.1) is 18.6 Å². The van der Waals surface area contributed by atoms with E-state index in [1.54, 1.807) is 0 Å². The first-order chi connectivity index (χ1) is 8.77. The van der Waals surface area contributed by atoms with Gasteiger partial charge in [0.1, 0.15) is 0 Å². The van der Waals surface area contributed by atoms with Crippen LogP contribution in [-0.2, 0) is 9.53 Å². The number of nitrogens with one attached hydrogen (secondary N) is 1. The van der Waals surface area contributed by atoms with Crippen molar-refractivity contribution >= 4 is 11.9 Å². The lowest BCUT2D eigenvalue weighted by atomic mass is 9.90. The van der Waals surface area contributed by atoms with Gasteiger partial charge in [-0.15, -0.1) is 0 Å². The smallest absolute Gasteiger partial charge is 0.324 e. The van der Waals surface area contributed by atoms with Crippen molar-refractivity contribution in [1.82, 2.24) is 10.2 Å². The van der Waals surface area contributed by atoms with Gasteiger partial charge in [0.15, 0.2) is 0 Å². The number of fused-ring (bicyclic) bond motifs is 1. The highest BCUT2D eigenvalue weighted by molar-refractivity contribution is 5.99. The number of urea groups is 1. The summed E-state index contributed by atoms with van der Waals surface area (Å²) in [6, 6.07) is -0.202. The predicted octanol–water partition coefficient (Wildman–Crippen LogP) is 1.28. The molecule has 2 heterocycles. The summed E-state index contributed by atoms with van der Waals surface area (Å²) >= 11 is 0. The van der Waals surface area contributed by atoms with Crippen molar-refractivity contribution < 1.29 is 14.3 Å². The van der Waals surface area contributed by atoms with Crippen LogP contribution in [0.2, 0.25) is 0 Å². The number of hydrogen-bond acceptors (Lipinski definition) is 3. The van der Waals surface area contributed by atoms with Crippen molar-refractivity contribution in [2.24, 2.45) is 5.92 Å². The summed E-state index contributed by atoms with van der Waals surface area (Å²) in [7, 11) is 0. The molecule has 0 aromatic heterocycles. The monoisotopic (exact) mass is 252 g/mol. The number of imide groups is 1. The van der Waals surface area contributed by atoms with Crippen molar-refractivity contribution in [3.63, 3.8) is 0 Å². The SMILES string of the molecule is O=C1NC2CCCCCC2C(=O)N1C1CCOC1. The zero-order valence-corrected chi connectivity index (χ0v) is 10.6. The molecule has 1 N–H and O–H groups in total. The number of carbonyl (C=O) groups is 2. The second-order valence-corrected chi connectivity index (χ2v) is 5.53. The maximum absolute atomic E-state index is 12.5. The lowest BCUT2D eigenvalue weighted by Crippen LogP contribution is -2.62. The van der Waals surface area contributed by atoms with Gasteiger partial charge in [-0.1, -0.05) is 19.3 Å². The van der Waals surface area contributed by atoms with Crippen LogP contribution in [0.1, 0.15) is 38.5 Å². The van der Waals surface area contributed by atoms with Gasteiger partial charge in [-0.2, -0.15) is 0 Å². The number of hydrogen-bond donors (Lipinski definition) is 1. The Hall–Kier alpha value is -1.10. The minimum atomic E-state index is -0.210. The molecule has 0 radical (unpaired) electrons. The summed E-state index contributed by atoms with van der Waals surface area (Å²) in [6.45, 7) is 1.15. The fourth-order valence-electron chi connectivity index (χ4n) is 3.35. The van der Waals surface area contributed by atoms with E-state index in [1.165, 1.54) is 11.3 Å². The average Bonchev–Trinajstić information content (AvgIpc) is 2.75. The summed E-state index contributed by atoms with van der Waals surface area (Å²) in [5.74, 6) is 0.0203. The van der Waals surface area contributed by atoms with Crippen molar-refractivity contribution in [2.45, 2.75) is 50.6 Å². The van der Waals surface area contributed by atoms with E-state index >= 15 is 0 Å². The third-order valence-electron chi connectivity index (χ3n) is 4.37. The van der Waals surface area contributed by atoms with Crippen molar-refractivity contribution in [1.29, 1.82) is 0 Å². The van der Waals surface area contributed by atoms with Gasteiger partial charge in [0.25, 0.3) is 0 Å². The number of carbonyl (C=O) groups excluding carboxylic acids is 2. The van der Waals surface area contributed by atoms with Crippen LogP contribution in [0.5, 0.6) is 0 Å². The molecule has 5 nitrogen and oxygen atoms in total. The number of ether oxygens (including phenoxy) is 1. The molecule has 3 fully saturated rings. The highest BCUT2D eigenvalue weighted by Crippen LogP contribution is 2.30. The van der Waals surface area contributed by atoms with E-state index in [4.69, 9.17) is 4.74 Å². The Kier molecular flexibility index (Phi) is 3.24. The van der Waals surface area contributed by atoms with Gasteiger partial charge in [0.2, 0.25) is 5.91 Å². The number of nitrogens with zero attached hydrogens (tertiary/aromatic N) is 1. The fraction of sp³-hybridized carbons (Fsp3) is 0.846. The lowest BCUT2D eigenvalue weighted by Gasteiger charge is -2.39. The van der Waals surface area contributed by atoms with Gasteiger partial charge >= 0.3 is 6.03 Å². The Bertz CT molecular complexity index is 352. The minimum Gasteiger partial charge on any atom is -0.379 e. The molecule has 1 aliphatic carbocycles. The van der Waals surface area contributed by atoms with Gasteiger partial charge in [-0.3, -0.25) is 9.69 Å². The molecule has 100 valence electrons. The third kappa shape index (κ3) is 2.00. The molecule has 3 atom stereocenters. The number of amides is 3. The predicted molar refractivity (Wildman–Crippen MR) is 65.0 cm³/mol. The molecule has 0 spiro atoms. The molecule has 2 aliphatic heterocycles. The lowest BCUT2D eigenvalue weighted by molar-refractivity contribution is -0.137. The molecule has 5 heteroatoms. The van der Waals surface area contributed by atoms with Crippen molar-refractivity contribution in [3.8, 4) is 0 Å².